The molecule has 0 aliphatic carbocycles. The van der Waals surface area contributed by atoms with Gasteiger partial charge >= 0.3 is 6.03 Å². The molecule has 1 aliphatic rings. The fourth-order valence-corrected chi connectivity index (χ4v) is 3.25. The predicted molar refractivity (Wildman–Crippen MR) is 88.1 cm³/mol. The second kappa shape index (κ2) is 8.54. The first-order valence-corrected chi connectivity index (χ1v) is 8.58. The van der Waals surface area contributed by atoms with E-state index >= 15 is 0 Å². The largest absolute Gasteiger partial charge is 0.492 e. The molecule has 1 aromatic rings. The highest BCUT2D eigenvalue weighted by Gasteiger charge is 2.19. The van der Waals surface area contributed by atoms with E-state index in [1.807, 2.05) is 16.7 Å². The molecular weight excluding hydrogens is 298 g/mol. The molecule has 1 N–H and O–H groups in total. The topological polar surface area (TPSA) is 65.4 Å². The Balaban J connectivity index is 1.69. The van der Waals surface area contributed by atoms with Crippen LogP contribution in [0.15, 0.2) is 24.3 Å². The van der Waals surface area contributed by atoms with Gasteiger partial charge in [0, 0.05) is 18.8 Å². The van der Waals surface area contributed by atoms with Gasteiger partial charge in [-0.1, -0.05) is 6.92 Å². The normalized spacial score (nSPS) is 18.2. The summed E-state index contributed by atoms with van der Waals surface area (Å²) >= 11 is 1.90. The van der Waals surface area contributed by atoms with Crippen LogP contribution >= 0.6 is 11.8 Å². The van der Waals surface area contributed by atoms with Crippen LogP contribution in [0.5, 0.6) is 5.75 Å². The van der Waals surface area contributed by atoms with E-state index in [0.29, 0.717) is 30.4 Å². The van der Waals surface area contributed by atoms with Gasteiger partial charge in [0.2, 0.25) is 0 Å². The Bertz CT molecular complexity index is 527. The highest BCUT2D eigenvalue weighted by molar-refractivity contribution is 7.99. The summed E-state index contributed by atoms with van der Waals surface area (Å²) in [7, 11) is 0. The summed E-state index contributed by atoms with van der Waals surface area (Å²) in [5, 5.41) is 11.6. The van der Waals surface area contributed by atoms with Gasteiger partial charge in [-0.2, -0.15) is 17.0 Å². The van der Waals surface area contributed by atoms with Crippen LogP contribution in [0.1, 0.15) is 12.5 Å². The first-order chi connectivity index (χ1) is 10.7. The number of thioether (sulfide) groups is 1. The summed E-state index contributed by atoms with van der Waals surface area (Å²) in [6, 6.07) is 8.99. The van der Waals surface area contributed by atoms with Crippen molar-refractivity contribution < 1.29 is 9.53 Å². The Morgan fingerprint density at radius 3 is 3.00 bits per heavy atom. The van der Waals surface area contributed by atoms with Gasteiger partial charge in [-0.15, -0.1) is 0 Å². The van der Waals surface area contributed by atoms with E-state index in [0.717, 1.165) is 24.6 Å². The van der Waals surface area contributed by atoms with Gasteiger partial charge in [0.1, 0.15) is 12.4 Å². The van der Waals surface area contributed by atoms with Crippen molar-refractivity contribution in [2.24, 2.45) is 5.92 Å². The van der Waals surface area contributed by atoms with Crippen LogP contribution in [0, 0.1) is 17.2 Å². The summed E-state index contributed by atoms with van der Waals surface area (Å²) in [6.45, 7) is 4.67. The molecule has 1 aliphatic heterocycles. The van der Waals surface area contributed by atoms with Crippen LogP contribution in [0.25, 0.3) is 0 Å². The van der Waals surface area contributed by atoms with Crippen molar-refractivity contribution >= 4 is 17.8 Å². The number of nitriles is 1. The van der Waals surface area contributed by atoms with Crippen LogP contribution < -0.4 is 10.1 Å². The number of urea groups is 1. The monoisotopic (exact) mass is 319 g/mol. The van der Waals surface area contributed by atoms with E-state index in [1.54, 1.807) is 24.3 Å². The molecular formula is C16H21N3O2S. The van der Waals surface area contributed by atoms with Crippen molar-refractivity contribution in [3.8, 4) is 11.8 Å². The number of ether oxygens (including phenoxy) is 1. The fourth-order valence-electron chi connectivity index (χ4n) is 2.23. The zero-order chi connectivity index (χ0) is 15.8. The van der Waals surface area contributed by atoms with E-state index in [2.05, 4.69) is 18.3 Å². The third-order valence-electron chi connectivity index (χ3n) is 3.36. The maximum Gasteiger partial charge on any atom is 0.317 e. The molecule has 1 aromatic carbocycles. The number of nitrogens with zero attached hydrogens (tertiary/aromatic N) is 2. The number of nitrogens with one attached hydrogen (secondary N) is 1. The maximum atomic E-state index is 12.1. The van der Waals surface area contributed by atoms with Crippen LogP contribution in [0.2, 0.25) is 0 Å². The number of carbonyl (C=O) groups excluding carboxylic acids is 1. The first kappa shape index (κ1) is 16.5. The maximum absolute atomic E-state index is 12.1. The van der Waals surface area contributed by atoms with Gasteiger partial charge in [-0.25, -0.2) is 4.79 Å². The fraction of sp³-hybridized carbons (Fsp3) is 0.500. The quantitative estimate of drug-likeness (QED) is 0.865. The molecule has 0 spiro atoms. The molecule has 5 nitrogen and oxygen atoms in total. The third kappa shape index (κ3) is 5.15. The van der Waals surface area contributed by atoms with Gasteiger partial charge in [0.15, 0.2) is 0 Å². The number of hydrogen-bond acceptors (Lipinski definition) is 4. The summed E-state index contributed by atoms with van der Waals surface area (Å²) in [6.07, 6.45) is 0. The van der Waals surface area contributed by atoms with Crippen LogP contribution in [-0.2, 0) is 0 Å². The molecule has 0 saturated carbocycles. The van der Waals surface area contributed by atoms with Crippen LogP contribution in [0.4, 0.5) is 4.79 Å². The zero-order valence-electron chi connectivity index (χ0n) is 12.7. The molecule has 6 heteroatoms. The molecule has 0 aromatic heterocycles. The summed E-state index contributed by atoms with van der Waals surface area (Å²) in [4.78, 5) is 14.0. The lowest BCUT2D eigenvalue weighted by Crippen LogP contribution is -2.43. The average Bonchev–Trinajstić information content (AvgIpc) is 2.76. The lowest BCUT2D eigenvalue weighted by molar-refractivity contribution is 0.193. The Hall–Kier alpha value is -1.87. The second-order valence-electron chi connectivity index (χ2n) is 5.34. The van der Waals surface area contributed by atoms with E-state index < -0.39 is 0 Å². The van der Waals surface area contributed by atoms with Crippen molar-refractivity contribution in [2.75, 3.05) is 37.7 Å². The number of amides is 2. The van der Waals surface area contributed by atoms with Crippen molar-refractivity contribution in [1.29, 1.82) is 5.26 Å². The second-order valence-corrected chi connectivity index (χ2v) is 6.49. The minimum Gasteiger partial charge on any atom is -0.492 e. The van der Waals surface area contributed by atoms with Crippen molar-refractivity contribution in [1.82, 2.24) is 10.2 Å². The van der Waals surface area contributed by atoms with E-state index in [4.69, 9.17) is 10.00 Å². The third-order valence-corrected chi connectivity index (χ3v) is 4.63. The van der Waals surface area contributed by atoms with Gasteiger partial charge in [0.25, 0.3) is 0 Å². The van der Waals surface area contributed by atoms with Crippen molar-refractivity contribution in [3.63, 3.8) is 0 Å². The standard InChI is InChI=1S/C16H21N3O2S/c1-13-11-19(7-9-22-12-13)16(20)18-6-8-21-15-4-2-14(10-17)3-5-15/h2-5,13H,6-9,11-12H2,1H3,(H,18,20). The van der Waals surface area contributed by atoms with Gasteiger partial charge in [-0.3, -0.25) is 0 Å². The molecule has 1 heterocycles. The lowest BCUT2D eigenvalue weighted by Gasteiger charge is -2.22. The molecule has 1 atom stereocenters. The molecule has 2 rings (SSSR count). The Labute approximate surface area is 135 Å². The molecule has 1 saturated heterocycles. The predicted octanol–water partition coefficient (Wildman–Crippen LogP) is 2.33. The highest BCUT2D eigenvalue weighted by Crippen LogP contribution is 2.15. The summed E-state index contributed by atoms with van der Waals surface area (Å²) in [5.41, 5.74) is 0.605. The lowest BCUT2D eigenvalue weighted by atomic mass is 10.2. The number of rotatable bonds is 4. The Morgan fingerprint density at radius 1 is 1.50 bits per heavy atom. The Morgan fingerprint density at radius 2 is 2.27 bits per heavy atom. The van der Waals surface area contributed by atoms with Gasteiger partial charge < -0.3 is 15.0 Å². The summed E-state index contributed by atoms with van der Waals surface area (Å²) < 4.78 is 5.54. The molecule has 1 fully saturated rings. The molecule has 22 heavy (non-hydrogen) atoms. The number of hydrogen-bond donors (Lipinski definition) is 1. The number of benzene rings is 1. The smallest absolute Gasteiger partial charge is 0.317 e. The number of carbonyl (C=O) groups is 1. The highest BCUT2D eigenvalue weighted by atomic mass is 32.2. The molecule has 1 unspecified atom stereocenters. The molecule has 118 valence electrons. The molecule has 2 amide bonds. The van der Waals surface area contributed by atoms with Crippen molar-refractivity contribution in [2.45, 2.75) is 6.92 Å². The molecule has 0 bridgehead atoms. The van der Waals surface area contributed by atoms with Crippen molar-refractivity contribution in [3.05, 3.63) is 29.8 Å². The minimum atomic E-state index is -0.0159. The average molecular weight is 319 g/mol. The van der Waals surface area contributed by atoms with E-state index in [1.165, 1.54) is 0 Å². The van der Waals surface area contributed by atoms with Gasteiger partial charge in [-0.05, 0) is 35.9 Å². The van der Waals surface area contributed by atoms with Crippen LogP contribution in [-0.4, -0.2) is 48.7 Å². The van der Waals surface area contributed by atoms with E-state index in [9.17, 15) is 4.79 Å². The SMILES string of the molecule is CC1CSCCN(C(=O)NCCOc2ccc(C#N)cc2)C1. The minimum absolute atomic E-state index is 0.0159. The Kier molecular flexibility index (Phi) is 6.41. The zero-order valence-corrected chi connectivity index (χ0v) is 13.6. The van der Waals surface area contributed by atoms with Gasteiger partial charge in [0.05, 0.1) is 18.2 Å². The first-order valence-electron chi connectivity index (χ1n) is 7.42. The summed E-state index contributed by atoms with van der Waals surface area (Å²) in [5.74, 6) is 3.35. The van der Waals surface area contributed by atoms with Crippen LogP contribution in [0.3, 0.4) is 0 Å². The molecule has 0 radical (unpaired) electrons. The van der Waals surface area contributed by atoms with E-state index in [-0.39, 0.29) is 6.03 Å².